The molecule has 4 nitrogen and oxygen atoms in total. The number of hydrogen-bond acceptors (Lipinski definition) is 4. The first-order valence-electron chi connectivity index (χ1n) is 7.84. The van der Waals surface area contributed by atoms with E-state index in [9.17, 15) is 10.2 Å². The molecule has 0 unspecified atom stereocenters. The SMILES string of the molecule is Oc1ccccc1C1=Nc2ccc(Br)cc2N[C@@H]1c1ccccc1O. The highest BCUT2D eigenvalue weighted by molar-refractivity contribution is 9.10. The summed E-state index contributed by atoms with van der Waals surface area (Å²) in [5.74, 6) is 0.339. The van der Waals surface area contributed by atoms with Crippen molar-refractivity contribution in [2.24, 2.45) is 4.99 Å². The van der Waals surface area contributed by atoms with E-state index >= 15 is 0 Å². The molecule has 0 spiro atoms. The lowest BCUT2D eigenvalue weighted by Crippen LogP contribution is -2.25. The van der Waals surface area contributed by atoms with Gasteiger partial charge in [-0.05, 0) is 36.4 Å². The van der Waals surface area contributed by atoms with Crippen molar-refractivity contribution in [2.45, 2.75) is 6.04 Å². The fraction of sp³-hybridized carbons (Fsp3) is 0.0500. The molecule has 124 valence electrons. The summed E-state index contributed by atoms with van der Waals surface area (Å²) in [6.45, 7) is 0. The van der Waals surface area contributed by atoms with Gasteiger partial charge in [0.2, 0.25) is 0 Å². The van der Waals surface area contributed by atoms with Crippen LogP contribution in [0.25, 0.3) is 0 Å². The third-order valence-corrected chi connectivity index (χ3v) is 4.69. The lowest BCUT2D eigenvalue weighted by Gasteiger charge is -2.28. The maximum atomic E-state index is 10.3. The molecule has 0 fully saturated rings. The predicted molar refractivity (Wildman–Crippen MR) is 103 cm³/mol. The van der Waals surface area contributed by atoms with Gasteiger partial charge >= 0.3 is 0 Å². The van der Waals surface area contributed by atoms with Crippen LogP contribution in [0.3, 0.4) is 0 Å². The van der Waals surface area contributed by atoms with E-state index in [4.69, 9.17) is 4.99 Å². The van der Waals surface area contributed by atoms with Crippen LogP contribution in [0.1, 0.15) is 17.2 Å². The number of phenols is 2. The van der Waals surface area contributed by atoms with Crippen molar-refractivity contribution in [2.75, 3.05) is 5.32 Å². The van der Waals surface area contributed by atoms with E-state index in [1.165, 1.54) is 0 Å². The number of nitrogens with zero attached hydrogens (tertiary/aromatic N) is 1. The molecule has 1 heterocycles. The number of para-hydroxylation sites is 2. The van der Waals surface area contributed by atoms with Crippen molar-refractivity contribution in [1.29, 1.82) is 0 Å². The van der Waals surface area contributed by atoms with Crippen LogP contribution in [0.2, 0.25) is 0 Å². The number of benzene rings is 3. The summed E-state index contributed by atoms with van der Waals surface area (Å²) in [4.78, 5) is 4.78. The average Bonchev–Trinajstić information content (AvgIpc) is 2.62. The summed E-state index contributed by atoms with van der Waals surface area (Å²) in [6.07, 6.45) is 0. The number of aliphatic imine (C=N–C) groups is 1. The van der Waals surface area contributed by atoms with Gasteiger partial charge in [0.05, 0.1) is 23.1 Å². The second kappa shape index (κ2) is 6.26. The summed E-state index contributed by atoms with van der Waals surface area (Å²) < 4.78 is 0.941. The summed E-state index contributed by atoms with van der Waals surface area (Å²) in [5, 5.41) is 24.1. The minimum atomic E-state index is -0.378. The maximum absolute atomic E-state index is 10.3. The standard InChI is InChI=1S/C20H15BrN2O2/c21-12-9-10-15-16(11-12)23-20(14-6-2-4-8-18(14)25)19(22-15)13-5-1-3-7-17(13)24/h1-11,20,23-25H/t20-/m1/s1. The maximum Gasteiger partial charge on any atom is 0.124 e. The quantitative estimate of drug-likeness (QED) is 0.563. The van der Waals surface area contributed by atoms with E-state index in [-0.39, 0.29) is 17.5 Å². The highest BCUT2D eigenvalue weighted by atomic mass is 79.9. The molecule has 0 saturated heterocycles. The van der Waals surface area contributed by atoms with Crippen LogP contribution in [0.5, 0.6) is 11.5 Å². The Bertz CT molecular complexity index is 985. The van der Waals surface area contributed by atoms with Crippen molar-refractivity contribution in [3.63, 3.8) is 0 Å². The van der Waals surface area contributed by atoms with Gasteiger partial charge in [0.25, 0.3) is 0 Å². The number of anilines is 1. The number of aromatic hydroxyl groups is 2. The van der Waals surface area contributed by atoms with Crippen LogP contribution < -0.4 is 5.32 Å². The predicted octanol–water partition coefficient (Wildman–Crippen LogP) is 5.15. The van der Waals surface area contributed by atoms with Crippen molar-refractivity contribution in [3.05, 3.63) is 82.3 Å². The topological polar surface area (TPSA) is 64.9 Å². The Morgan fingerprint density at radius 1 is 0.880 bits per heavy atom. The molecule has 25 heavy (non-hydrogen) atoms. The molecule has 3 aromatic carbocycles. The monoisotopic (exact) mass is 394 g/mol. The first-order valence-corrected chi connectivity index (χ1v) is 8.64. The average molecular weight is 395 g/mol. The summed E-state index contributed by atoms with van der Waals surface area (Å²) in [6, 6.07) is 19.7. The minimum Gasteiger partial charge on any atom is -0.508 e. The second-order valence-electron chi connectivity index (χ2n) is 5.81. The Kier molecular flexibility index (Phi) is 3.93. The molecule has 1 atom stereocenters. The molecule has 0 aromatic heterocycles. The van der Waals surface area contributed by atoms with Crippen LogP contribution in [0, 0.1) is 0 Å². The Morgan fingerprint density at radius 2 is 1.60 bits per heavy atom. The van der Waals surface area contributed by atoms with Gasteiger partial charge in [0.1, 0.15) is 11.5 Å². The van der Waals surface area contributed by atoms with Crippen LogP contribution in [-0.2, 0) is 0 Å². The van der Waals surface area contributed by atoms with Crippen LogP contribution in [-0.4, -0.2) is 15.9 Å². The molecular weight excluding hydrogens is 380 g/mol. The number of fused-ring (bicyclic) bond motifs is 1. The Morgan fingerprint density at radius 3 is 2.36 bits per heavy atom. The third kappa shape index (κ3) is 2.87. The fourth-order valence-electron chi connectivity index (χ4n) is 3.00. The summed E-state index contributed by atoms with van der Waals surface area (Å²) >= 11 is 3.47. The van der Waals surface area contributed by atoms with E-state index in [0.717, 1.165) is 15.8 Å². The van der Waals surface area contributed by atoms with Gasteiger partial charge in [-0.25, -0.2) is 4.99 Å². The van der Waals surface area contributed by atoms with E-state index in [1.807, 2.05) is 42.5 Å². The zero-order valence-corrected chi connectivity index (χ0v) is 14.7. The molecule has 5 heteroatoms. The fourth-order valence-corrected chi connectivity index (χ4v) is 3.36. The van der Waals surface area contributed by atoms with Gasteiger partial charge in [-0.15, -0.1) is 0 Å². The highest BCUT2D eigenvalue weighted by Crippen LogP contribution is 2.41. The molecule has 0 bridgehead atoms. The number of nitrogens with one attached hydrogen (secondary N) is 1. The lowest BCUT2D eigenvalue weighted by atomic mass is 9.93. The van der Waals surface area contributed by atoms with Crippen molar-refractivity contribution >= 4 is 33.0 Å². The Balaban J connectivity index is 1.93. The smallest absolute Gasteiger partial charge is 0.124 e. The van der Waals surface area contributed by atoms with E-state index in [1.54, 1.807) is 24.3 Å². The van der Waals surface area contributed by atoms with Crippen LogP contribution in [0.4, 0.5) is 11.4 Å². The Hall–Kier alpha value is -2.79. The molecule has 0 saturated carbocycles. The molecule has 3 aromatic rings. The van der Waals surface area contributed by atoms with Gasteiger partial charge in [-0.3, -0.25) is 0 Å². The summed E-state index contributed by atoms with van der Waals surface area (Å²) in [7, 11) is 0. The first-order chi connectivity index (χ1) is 12.1. The van der Waals surface area contributed by atoms with Gasteiger partial charge in [-0.1, -0.05) is 46.3 Å². The Labute approximate surface area is 153 Å². The van der Waals surface area contributed by atoms with Crippen molar-refractivity contribution in [1.82, 2.24) is 0 Å². The van der Waals surface area contributed by atoms with E-state index in [2.05, 4.69) is 21.2 Å². The second-order valence-corrected chi connectivity index (χ2v) is 6.73. The van der Waals surface area contributed by atoms with E-state index < -0.39 is 0 Å². The van der Waals surface area contributed by atoms with Crippen molar-refractivity contribution < 1.29 is 10.2 Å². The van der Waals surface area contributed by atoms with Crippen LogP contribution in [0.15, 0.2) is 76.2 Å². The minimum absolute atomic E-state index is 0.157. The largest absolute Gasteiger partial charge is 0.508 e. The van der Waals surface area contributed by atoms with Crippen molar-refractivity contribution in [3.8, 4) is 11.5 Å². The highest BCUT2D eigenvalue weighted by Gasteiger charge is 2.28. The zero-order chi connectivity index (χ0) is 17.4. The first kappa shape index (κ1) is 15.7. The molecule has 1 aliphatic heterocycles. The number of rotatable bonds is 2. The molecule has 4 rings (SSSR count). The number of phenolic OH excluding ortho intramolecular Hbond substituents is 2. The lowest BCUT2D eigenvalue weighted by molar-refractivity contribution is 0.466. The third-order valence-electron chi connectivity index (χ3n) is 4.20. The van der Waals surface area contributed by atoms with Gasteiger partial charge in [0.15, 0.2) is 0 Å². The number of hydrogen-bond donors (Lipinski definition) is 3. The zero-order valence-electron chi connectivity index (χ0n) is 13.1. The van der Waals surface area contributed by atoms with Crippen LogP contribution >= 0.6 is 15.9 Å². The molecule has 0 radical (unpaired) electrons. The molecule has 3 N–H and O–H groups in total. The van der Waals surface area contributed by atoms with E-state index in [0.29, 0.717) is 16.8 Å². The van der Waals surface area contributed by atoms with Gasteiger partial charge in [0, 0.05) is 15.6 Å². The molecule has 0 aliphatic carbocycles. The molecular formula is C20H15BrN2O2. The summed E-state index contributed by atoms with van der Waals surface area (Å²) in [5.41, 5.74) is 3.65. The van der Waals surface area contributed by atoms with Gasteiger partial charge < -0.3 is 15.5 Å². The molecule has 0 amide bonds. The van der Waals surface area contributed by atoms with Gasteiger partial charge in [-0.2, -0.15) is 0 Å². The normalized spacial score (nSPS) is 15.9. The molecule has 1 aliphatic rings. The number of halogens is 1.